The predicted molar refractivity (Wildman–Crippen MR) is 80.6 cm³/mol. The zero-order valence-electron chi connectivity index (χ0n) is 12.6. The molecule has 3 N–H and O–H groups in total. The smallest absolute Gasteiger partial charge is 0.253 e. The highest BCUT2D eigenvalue weighted by Gasteiger charge is 2.35. The predicted octanol–water partition coefficient (Wildman–Crippen LogP) is 2.88. The normalized spacial score (nSPS) is 21.0. The molecule has 5 heteroatoms. The van der Waals surface area contributed by atoms with Crippen LogP contribution >= 0.6 is 0 Å². The van der Waals surface area contributed by atoms with Crippen molar-refractivity contribution in [3.8, 4) is 0 Å². The fraction of sp³-hybridized carbons (Fsp3) is 0.562. The maximum absolute atomic E-state index is 13.3. The molecule has 0 spiro atoms. The van der Waals surface area contributed by atoms with Gasteiger partial charge in [-0.05, 0) is 43.9 Å². The molecule has 1 aromatic carbocycles. The van der Waals surface area contributed by atoms with Crippen LogP contribution in [0.4, 0.5) is 10.1 Å². The van der Waals surface area contributed by atoms with E-state index < -0.39 is 5.82 Å². The van der Waals surface area contributed by atoms with Crippen LogP contribution in [-0.2, 0) is 4.74 Å². The number of ether oxygens (including phenoxy) is 1. The second-order valence-corrected chi connectivity index (χ2v) is 5.63. The number of halogens is 1. The first-order valence-corrected chi connectivity index (χ1v) is 7.49. The number of nitrogen functional groups attached to an aromatic ring is 1. The minimum atomic E-state index is -0.460. The van der Waals surface area contributed by atoms with E-state index in [2.05, 4.69) is 19.2 Å². The fourth-order valence-electron chi connectivity index (χ4n) is 2.88. The van der Waals surface area contributed by atoms with E-state index in [0.717, 1.165) is 25.7 Å². The Morgan fingerprint density at radius 1 is 1.48 bits per heavy atom. The number of carbonyl (C=O) groups excluding carboxylic acids is 1. The highest BCUT2D eigenvalue weighted by molar-refractivity contribution is 5.99. The van der Waals surface area contributed by atoms with Gasteiger partial charge in [0.1, 0.15) is 5.82 Å². The van der Waals surface area contributed by atoms with Gasteiger partial charge in [-0.25, -0.2) is 4.39 Å². The van der Waals surface area contributed by atoms with Gasteiger partial charge >= 0.3 is 0 Å². The van der Waals surface area contributed by atoms with Crippen molar-refractivity contribution in [2.75, 3.05) is 12.3 Å². The summed E-state index contributed by atoms with van der Waals surface area (Å²) in [5, 5.41) is 2.96. The van der Waals surface area contributed by atoms with Crippen LogP contribution in [0.15, 0.2) is 18.2 Å². The van der Waals surface area contributed by atoms with E-state index in [1.165, 1.54) is 18.2 Å². The van der Waals surface area contributed by atoms with E-state index in [1.807, 2.05) is 0 Å². The first kappa shape index (κ1) is 15.8. The summed E-state index contributed by atoms with van der Waals surface area (Å²) < 4.78 is 19.2. The molecular weight excluding hydrogens is 271 g/mol. The molecule has 116 valence electrons. The quantitative estimate of drug-likeness (QED) is 0.839. The largest absolute Gasteiger partial charge is 0.398 e. The average Bonchev–Trinajstić information content (AvgIpc) is 2.49. The monoisotopic (exact) mass is 294 g/mol. The van der Waals surface area contributed by atoms with Gasteiger partial charge in [0.05, 0.1) is 11.2 Å². The van der Waals surface area contributed by atoms with Crippen LogP contribution in [0.2, 0.25) is 0 Å². The summed E-state index contributed by atoms with van der Waals surface area (Å²) in [4.78, 5) is 12.3. The van der Waals surface area contributed by atoms with E-state index in [4.69, 9.17) is 10.5 Å². The van der Waals surface area contributed by atoms with Crippen LogP contribution in [0.1, 0.15) is 49.9 Å². The van der Waals surface area contributed by atoms with Crippen LogP contribution in [-0.4, -0.2) is 24.2 Å². The molecule has 0 bridgehead atoms. The number of hydrogen-bond donors (Lipinski definition) is 2. The Bertz CT molecular complexity index is 515. The summed E-state index contributed by atoms with van der Waals surface area (Å²) in [5.41, 5.74) is 6.07. The lowest BCUT2D eigenvalue weighted by molar-refractivity contribution is -0.0917. The number of rotatable bonds is 4. The van der Waals surface area contributed by atoms with Crippen LogP contribution in [0, 0.1) is 5.82 Å². The van der Waals surface area contributed by atoms with Gasteiger partial charge in [-0.15, -0.1) is 0 Å². The SMILES string of the molecule is CCC1(CC)CC(NC(=O)c2cc(F)ccc2N)CCO1. The fourth-order valence-corrected chi connectivity index (χ4v) is 2.88. The molecule has 2 rings (SSSR count). The molecule has 0 radical (unpaired) electrons. The molecule has 1 aliphatic rings. The Labute approximate surface area is 124 Å². The van der Waals surface area contributed by atoms with Gasteiger partial charge in [0.15, 0.2) is 0 Å². The number of anilines is 1. The topological polar surface area (TPSA) is 64.4 Å². The maximum Gasteiger partial charge on any atom is 0.253 e. The van der Waals surface area contributed by atoms with Gasteiger partial charge in [-0.3, -0.25) is 4.79 Å². The van der Waals surface area contributed by atoms with E-state index >= 15 is 0 Å². The molecule has 1 aromatic rings. The molecule has 1 aliphatic heterocycles. The molecule has 1 fully saturated rings. The highest BCUT2D eigenvalue weighted by Crippen LogP contribution is 2.31. The number of hydrogen-bond acceptors (Lipinski definition) is 3. The summed E-state index contributed by atoms with van der Waals surface area (Å²) >= 11 is 0. The molecule has 1 amide bonds. The summed E-state index contributed by atoms with van der Waals surface area (Å²) in [7, 11) is 0. The second-order valence-electron chi connectivity index (χ2n) is 5.63. The summed E-state index contributed by atoms with van der Waals surface area (Å²) in [6.45, 7) is 4.82. The molecule has 0 saturated carbocycles. The van der Waals surface area contributed by atoms with Crippen LogP contribution in [0.5, 0.6) is 0 Å². The zero-order valence-corrected chi connectivity index (χ0v) is 12.6. The Kier molecular flexibility index (Phi) is 4.83. The average molecular weight is 294 g/mol. The lowest BCUT2D eigenvalue weighted by atomic mass is 9.86. The third-order valence-electron chi connectivity index (χ3n) is 4.38. The van der Waals surface area contributed by atoms with E-state index in [-0.39, 0.29) is 23.1 Å². The van der Waals surface area contributed by atoms with Crippen LogP contribution in [0.3, 0.4) is 0 Å². The molecule has 1 atom stereocenters. The first-order valence-electron chi connectivity index (χ1n) is 7.49. The zero-order chi connectivity index (χ0) is 15.5. The minimum absolute atomic E-state index is 0.0359. The highest BCUT2D eigenvalue weighted by atomic mass is 19.1. The molecule has 4 nitrogen and oxygen atoms in total. The van der Waals surface area contributed by atoms with Gasteiger partial charge in [0.25, 0.3) is 5.91 Å². The summed E-state index contributed by atoms with van der Waals surface area (Å²) in [5.74, 6) is -0.780. The molecule has 1 heterocycles. The Morgan fingerprint density at radius 2 is 2.19 bits per heavy atom. The lowest BCUT2D eigenvalue weighted by Gasteiger charge is -2.40. The number of carbonyl (C=O) groups is 1. The van der Waals surface area contributed by atoms with Gasteiger partial charge < -0.3 is 15.8 Å². The van der Waals surface area contributed by atoms with Gasteiger partial charge in [0, 0.05) is 18.3 Å². The Balaban J connectivity index is 2.07. The van der Waals surface area contributed by atoms with Crippen molar-refractivity contribution in [1.29, 1.82) is 0 Å². The van der Waals surface area contributed by atoms with Crippen molar-refractivity contribution in [2.45, 2.75) is 51.2 Å². The van der Waals surface area contributed by atoms with Crippen LogP contribution < -0.4 is 11.1 Å². The summed E-state index contributed by atoms with van der Waals surface area (Å²) in [6, 6.07) is 3.88. The number of nitrogens with one attached hydrogen (secondary N) is 1. The third-order valence-corrected chi connectivity index (χ3v) is 4.38. The first-order chi connectivity index (χ1) is 9.99. The summed E-state index contributed by atoms with van der Waals surface area (Å²) in [6.07, 6.45) is 3.37. The third kappa shape index (κ3) is 3.53. The van der Waals surface area contributed by atoms with Crippen molar-refractivity contribution in [2.24, 2.45) is 0 Å². The van der Waals surface area contributed by atoms with Crippen molar-refractivity contribution >= 4 is 11.6 Å². The Morgan fingerprint density at radius 3 is 2.86 bits per heavy atom. The molecular formula is C16H23FN2O2. The molecule has 1 unspecified atom stereocenters. The molecule has 0 aliphatic carbocycles. The molecule has 0 aromatic heterocycles. The molecule has 1 saturated heterocycles. The second kappa shape index (κ2) is 6.43. The van der Waals surface area contributed by atoms with Crippen LogP contribution in [0.25, 0.3) is 0 Å². The number of nitrogens with two attached hydrogens (primary N) is 1. The molecule has 21 heavy (non-hydrogen) atoms. The number of benzene rings is 1. The standard InChI is InChI=1S/C16H23FN2O2/c1-3-16(4-2)10-12(7-8-21-16)19-15(20)13-9-11(17)5-6-14(13)18/h5-6,9,12H,3-4,7-8,10,18H2,1-2H3,(H,19,20). The lowest BCUT2D eigenvalue weighted by Crippen LogP contribution is -2.48. The van der Waals surface area contributed by atoms with E-state index in [0.29, 0.717) is 12.3 Å². The van der Waals surface area contributed by atoms with Crippen molar-refractivity contribution < 1.29 is 13.9 Å². The van der Waals surface area contributed by atoms with Crippen molar-refractivity contribution in [3.05, 3.63) is 29.6 Å². The minimum Gasteiger partial charge on any atom is -0.398 e. The maximum atomic E-state index is 13.3. The van der Waals surface area contributed by atoms with E-state index in [9.17, 15) is 9.18 Å². The Hall–Kier alpha value is -1.62. The number of amides is 1. The van der Waals surface area contributed by atoms with Crippen molar-refractivity contribution in [1.82, 2.24) is 5.32 Å². The van der Waals surface area contributed by atoms with Gasteiger partial charge in [-0.2, -0.15) is 0 Å². The van der Waals surface area contributed by atoms with E-state index in [1.54, 1.807) is 0 Å². The van der Waals surface area contributed by atoms with Crippen molar-refractivity contribution in [3.63, 3.8) is 0 Å². The van der Waals surface area contributed by atoms with Gasteiger partial charge in [0.2, 0.25) is 0 Å². The van der Waals surface area contributed by atoms with Gasteiger partial charge in [-0.1, -0.05) is 13.8 Å².